The number of aliphatic hydroxyl groups excluding tert-OH is 1. The zero-order chi connectivity index (χ0) is 18.7. The fourth-order valence-corrected chi connectivity index (χ4v) is 3.13. The van der Waals surface area contributed by atoms with Crippen LogP contribution in [-0.4, -0.2) is 15.6 Å². The minimum absolute atomic E-state index is 0.0469. The molecule has 0 aliphatic rings. The average molecular weight is 348 g/mol. The highest BCUT2D eigenvalue weighted by atomic mass is 16.3. The summed E-state index contributed by atoms with van der Waals surface area (Å²) >= 11 is 0. The molecule has 0 radical (unpaired) electrons. The molecule has 0 aliphatic carbocycles. The summed E-state index contributed by atoms with van der Waals surface area (Å²) in [6, 6.07) is 17.7. The van der Waals surface area contributed by atoms with Gasteiger partial charge in [-0.25, -0.2) is 0 Å². The van der Waals surface area contributed by atoms with Gasteiger partial charge in [-0.3, -0.25) is 4.79 Å². The van der Waals surface area contributed by atoms with Crippen molar-refractivity contribution < 1.29 is 9.90 Å². The van der Waals surface area contributed by atoms with E-state index in [1.807, 2.05) is 63.2 Å². The zero-order valence-corrected chi connectivity index (χ0v) is 15.4. The van der Waals surface area contributed by atoms with Crippen LogP contribution in [0.4, 0.5) is 5.69 Å². The number of hydrogen-bond acceptors (Lipinski definition) is 2. The summed E-state index contributed by atoms with van der Waals surface area (Å²) in [6.45, 7) is 6.63. The second-order valence-corrected chi connectivity index (χ2v) is 6.62. The number of nitrogens with zero attached hydrogens (tertiary/aromatic N) is 1. The van der Waals surface area contributed by atoms with E-state index >= 15 is 0 Å². The van der Waals surface area contributed by atoms with Crippen molar-refractivity contribution in [1.29, 1.82) is 0 Å². The van der Waals surface area contributed by atoms with Crippen molar-refractivity contribution in [1.82, 2.24) is 4.57 Å². The molecule has 3 rings (SSSR count). The molecule has 0 fully saturated rings. The van der Waals surface area contributed by atoms with E-state index in [2.05, 4.69) is 22.0 Å². The van der Waals surface area contributed by atoms with E-state index in [1.54, 1.807) is 0 Å². The number of amides is 1. The van der Waals surface area contributed by atoms with Crippen LogP contribution in [0, 0.1) is 20.8 Å². The monoisotopic (exact) mass is 348 g/mol. The SMILES string of the molecule is Cc1ccc(CO)cc1NC(=O)c1cc(C)n(Cc2ccccc2)c1C. The lowest BCUT2D eigenvalue weighted by Gasteiger charge is -2.12. The molecule has 0 atom stereocenters. The predicted molar refractivity (Wildman–Crippen MR) is 105 cm³/mol. The summed E-state index contributed by atoms with van der Waals surface area (Å²) in [6.07, 6.45) is 0. The van der Waals surface area contributed by atoms with E-state index in [4.69, 9.17) is 0 Å². The van der Waals surface area contributed by atoms with Crippen LogP contribution in [0.5, 0.6) is 0 Å². The number of carbonyl (C=O) groups excluding carboxylic acids is 1. The van der Waals surface area contributed by atoms with Crippen LogP contribution in [0.15, 0.2) is 54.6 Å². The summed E-state index contributed by atoms with van der Waals surface area (Å²) < 4.78 is 2.15. The fraction of sp³-hybridized carbons (Fsp3) is 0.227. The van der Waals surface area contributed by atoms with Gasteiger partial charge in [-0.15, -0.1) is 0 Å². The summed E-state index contributed by atoms with van der Waals surface area (Å²) in [5.74, 6) is -0.129. The summed E-state index contributed by atoms with van der Waals surface area (Å²) in [5, 5.41) is 12.3. The van der Waals surface area contributed by atoms with E-state index in [0.717, 1.165) is 34.7 Å². The second kappa shape index (κ2) is 7.58. The Labute approximate surface area is 154 Å². The summed E-state index contributed by atoms with van der Waals surface area (Å²) in [4.78, 5) is 12.8. The van der Waals surface area contributed by atoms with Crippen molar-refractivity contribution in [3.05, 3.63) is 88.2 Å². The molecule has 2 aromatic carbocycles. The Balaban J connectivity index is 1.86. The normalized spacial score (nSPS) is 10.8. The zero-order valence-electron chi connectivity index (χ0n) is 15.4. The number of anilines is 1. The number of carbonyl (C=O) groups is 1. The van der Waals surface area contributed by atoms with Gasteiger partial charge in [-0.2, -0.15) is 0 Å². The molecule has 0 bridgehead atoms. The van der Waals surface area contributed by atoms with Crippen molar-refractivity contribution in [3.63, 3.8) is 0 Å². The Morgan fingerprint density at radius 2 is 1.73 bits per heavy atom. The van der Waals surface area contributed by atoms with Gasteiger partial charge in [0.2, 0.25) is 0 Å². The van der Waals surface area contributed by atoms with E-state index in [-0.39, 0.29) is 12.5 Å². The number of rotatable bonds is 5. The maximum Gasteiger partial charge on any atom is 0.257 e. The van der Waals surface area contributed by atoms with Gasteiger partial charge in [-0.1, -0.05) is 42.5 Å². The van der Waals surface area contributed by atoms with Crippen LogP contribution in [0.2, 0.25) is 0 Å². The van der Waals surface area contributed by atoms with Gasteiger partial charge >= 0.3 is 0 Å². The highest BCUT2D eigenvalue weighted by Gasteiger charge is 2.17. The van der Waals surface area contributed by atoms with E-state index < -0.39 is 0 Å². The molecule has 1 aromatic heterocycles. The number of aromatic nitrogens is 1. The Kier molecular flexibility index (Phi) is 5.24. The molecule has 1 amide bonds. The predicted octanol–water partition coefficient (Wildman–Crippen LogP) is 4.21. The van der Waals surface area contributed by atoms with E-state index in [1.165, 1.54) is 5.56 Å². The number of aliphatic hydroxyl groups is 1. The number of benzene rings is 2. The van der Waals surface area contributed by atoms with Crippen LogP contribution in [-0.2, 0) is 13.2 Å². The van der Waals surface area contributed by atoms with Crippen LogP contribution < -0.4 is 5.32 Å². The summed E-state index contributed by atoms with van der Waals surface area (Å²) in [5.41, 5.74) is 6.35. The molecule has 0 unspecified atom stereocenters. The smallest absolute Gasteiger partial charge is 0.257 e. The first kappa shape index (κ1) is 18.0. The maximum absolute atomic E-state index is 12.8. The van der Waals surface area contributed by atoms with Crippen molar-refractivity contribution in [2.45, 2.75) is 33.9 Å². The molecule has 26 heavy (non-hydrogen) atoms. The molecule has 2 N–H and O–H groups in total. The Hall–Kier alpha value is -2.85. The standard InChI is InChI=1S/C22H24N2O2/c1-15-9-10-19(14-25)12-21(15)23-22(26)20-11-16(2)24(17(20)3)13-18-7-5-4-6-8-18/h4-12,25H,13-14H2,1-3H3,(H,23,26). The molecular formula is C22H24N2O2. The molecule has 4 nitrogen and oxygen atoms in total. The Bertz CT molecular complexity index is 927. The Morgan fingerprint density at radius 1 is 1.00 bits per heavy atom. The first-order valence-corrected chi connectivity index (χ1v) is 8.72. The highest BCUT2D eigenvalue weighted by Crippen LogP contribution is 2.21. The second-order valence-electron chi connectivity index (χ2n) is 6.62. The lowest BCUT2D eigenvalue weighted by atomic mass is 10.1. The maximum atomic E-state index is 12.8. The lowest BCUT2D eigenvalue weighted by molar-refractivity contribution is 0.102. The number of hydrogen-bond donors (Lipinski definition) is 2. The van der Waals surface area contributed by atoms with Crippen molar-refractivity contribution >= 4 is 11.6 Å². The molecule has 1 heterocycles. The third-order valence-electron chi connectivity index (χ3n) is 4.73. The van der Waals surface area contributed by atoms with E-state index in [9.17, 15) is 9.90 Å². The van der Waals surface area contributed by atoms with Crippen LogP contribution in [0.25, 0.3) is 0 Å². The average Bonchev–Trinajstić information content (AvgIpc) is 2.92. The largest absolute Gasteiger partial charge is 0.392 e. The minimum atomic E-state index is -0.129. The molecule has 0 saturated carbocycles. The molecule has 0 aliphatic heterocycles. The molecule has 0 spiro atoms. The number of nitrogens with one attached hydrogen (secondary N) is 1. The van der Waals surface area contributed by atoms with Crippen molar-refractivity contribution in [2.75, 3.05) is 5.32 Å². The molecule has 3 aromatic rings. The quantitative estimate of drug-likeness (QED) is 0.726. The lowest BCUT2D eigenvalue weighted by Crippen LogP contribution is -2.14. The minimum Gasteiger partial charge on any atom is -0.392 e. The number of aryl methyl sites for hydroxylation is 2. The van der Waals surface area contributed by atoms with Crippen LogP contribution in [0.1, 0.15) is 38.4 Å². The van der Waals surface area contributed by atoms with Gasteiger partial charge in [-0.05, 0) is 49.6 Å². The molecule has 134 valence electrons. The third-order valence-corrected chi connectivity index (χ3v) is 4.73. The first-order valence-electron chi connectivity index (χ1n) is 8.72. The van der Waals surface area contributed by atoms with Crippen LogP contribution >= 0.6 is 0 Å². The first-order chi connectivity index (χ1) is 12.5. The van der Waals surface area contributed by atoms with Gasteiger partial charge in [0, 0.05) is 23.6 Å². The van der Waals surface area contributed by atoms with Crippen molar-refractivity contribution in [2.24, 2.45) is 0 Å². The van der Waals surface area contributed by atoms with Gasteiger partial charge in [0.25, 0.3) is 5.91 Å². The van der Waals surface area contributed by atoms with E-state index in [0.29, 0.717) is 5.56 Å². The van der Waals surface area contributed by atoms with Gasteiger partial charge in [0.15, 0.2) is 0 Å². The van der Waals surface area contributed by atoms with Gasteiger partial charge in [0.05, 0.1) is 12.2 Å². The van der Waals surface area contributed by atoms with Crippen molar-refractivity contribution in [3.8, 4) is 0 Å². The Morgan fingerprint density at radius 3 is 2.42 bits per heavy atom. The summed E-state index contributed by atoms with van der Waals surface area (Å²) in [7, 11) is 0. The topological polar surface area (TPSA) is 54.3 Å². The van der Waals surface area contributed by atoms with Gasteiger partial charge in [0.1, 0.15) is 0 Å². The molecule has 0 saturated heterocycles. The third kappa shape index (κ3) is 3.70. The molecule has 4 heteroatoms. The van der Waals surface area contributed by atoms with Gasteiger partial charge < -0.3 is 15.0 Å². The van der Waals surface area contributed by atoms with Crippen LogP contribution in [0.3, 0.4) is 0 Å². The fourth-order valence-electron chi connectivity index (χ4n) is 3.13. The highest BCUT2D eigenvalue weighted by molar-refractivity contribution is 6.05. The molecular weight excluding hydrogens is 324 g/mol.